The van der Waals surface area contributed by atoms with Crippen molar-refractivity contribution in [1.29, 1.82) is 0 Å². The molecule has 21 heavy (non-hydrogen) atoms. The van der Waals surface area contributed by atoms with Crippen LogP contribution in [0.25, 0.3) is 0 Å². The number of hydrogen-bond acceptors (Lipinski definition) is 3. The third-order valence-electron chi connectivity index (χ3n) is 3.95. The maximum atomic E-state index is 6.10. The van der Waals surface area contributed by atoms with Crippen LogP contribution in [0.15, 0.2) is 24.3 Å². The maximum absolute atomic E-state index is 6.10. The molecule has 0 amide bonds. The quantitative estimate of drug-likeness (QED) is 0.668. The molecule has 0 spiro atoms. The van der Waals surface area contributed by atoms with E-state index in [0.29, 0.717) is 25.2 Å². The van der Waals surface area contributed by atoms with Crippen molar-refractivity contribution in [3.8, 4) is 0 Å². The minimum atomic E-state index is 0.290. The fourth-order valence-corrected chi connectivity index (χ4v) is 2.84. The second-order valence-electron chi connectivity index (χ2n) is 5.97. The molecule has 0 aliphatic carbocycles. The molecule has 0 saturated heterocycles. The summed E-state index contributed by atoms with van der Waals surface area (Å²) in [5.74, 6) is 0. The van der Waals surface area contributed by atoms with Gasteiger partial charge in [-0.2, -0.15) is 0 Å². The van der Waals surface area contributed by atoms with E-state index in [1.54, 1.807) is 7.11 Å². The molecule has 2 N–H and O–H groups in total. The van der Waals surface area contributed by atoms with Crippen molar-refractivity contribution in [3.63, 3.8) is 0 Å². The highest BCUT2D eigenvalue weighted by molar-refractivity contribution is 5.26. The summed E-state index contributed by atoms with van der Waals surface area (Å²) in [5.41, 5.74) is 8.62. The van der Waals surface area contributed by atoms with E-state index >= 15 is 0 Å². The van der Waals surface area contributed by atoms with Crippen LogP contribution in [0.4, 0.5) is 0 Å². The van der Waals surface area contributed by atoms with Crippen LogP contribution >= 0.6 is 0 Å². The van der Waals surface area contributed by atoms with Crippen molar-refractivity contribution in [2.45, 2.75) is 58.7 Å². The summed E-state index contributed by atoms with van der Waals surface area (Å²) in [6.07, 6.45) is 3.77. The van der Waals surface area contributed by atoms with Crippen LogP contribution in [0.5, 0.6) is 0 Å². The molecule has 0 aromatic heterocycles. The van der Waals surface area contributed by atoms with Crippen LogP contribution in [-0.2, 0) is 11.3 Å². The molecule has 0 radical (unpaired) electrons. The third-order valence-corrected chi connectivity index (χ3v) is 3.95. The molecule has 1 atom stereocenters. The van der Waals surface area contributed by atoms with Crippen LogP contribution in [0.3, 0.4) is 0 Å². The minimum Gasteiger partial charge on any atom is -0.380 e. The molecule has 3 nitrogen and oxygen atoms in total. The first-order valence-corrected chi connectivity index (χ1v) is 8.17. The Kier molecular flexibility index (Phi) is 8.58. The standard InChI is InChI=1S/C18H32N2O/c1-5-6-7-11-20(15(2)3)18(13-19)17-10-8-9-16(12-17)14-21-4/h8-10,12,15,18H,5-7,11,13-14,19H2,1-4H3. The molecular weight excluding hydrogens is 260 g/mol. The first-order valence-electron chi connectivity index (χ1n) is 8.17. The second-order valence-corrected chi connectivity index (χ2v) is 5.97. The Labute approximate surface area is 130 Å². The molecule has 0 heterocycles. The van der Waals surface area contributed by atoms with E-state index in [-0.39, 0.29) is 0 Å². The molecule has 0 aliphatic heterocycles. The van der Waals surface area contributed by atoms with Crippen LogP contribution in [0, 0.1) is 0 Å². The van der Waals surface area contributed by atoms with Crippen molar-refractivity contribution in [2.75, 3.05) is 20.2 Å². The van der Waals surface area contributed by atoms with Crippen molar-refractivity contribution >= 4 is 0 Å². The molecule has 0 bridgehead atoms. The lowest BCUT2D eigenvalue weighted by Gasteiger charge is -2.35. The average Bonchev–Trinajstić information content (AvgIpc) is 2.47. The number of unbranched alkanes of at least 4 members (excludes halogenated alkanes) is 2. The zero-order valence-electron chi connectivity index (χ0n) is 14.1. The number of ether oxygens (including phenoxy) is 1. The van der Waals surface area contributed by atoms with Crippen LogP contribution in [0.2, 0.25) is 0 Å². The summed E-state index contributed by atoms with van der Waals surface area (Å²) >= 11 is 0. The number of benzene rings is 1. The molecule has 1 aromatic carbocycles. The van der Waals surface area contributed by atoms with E-state index in [4.69, 9.17) is 10.5 Å². The second kappa shape index (κ2) is 9.93. The van der Waals surface area contributed by atoms with Gasteiger partial charge in [0.1, 0.15) is 0 Å². The van der Waals surface area contributed by atoms with Gasteiger partial charge in [-0.15, -0.1) is 0 Å². The van der Waals surface area contributed by atoms with E-state index in [1.807, 2.05) is 0 Å². The van der Waals surface area contributed by atoms with Gasteiger partial charge >= 0.3 is 0 Å². The van der Waals surface area contributed by atoms with Gasteiger partial charge < -0.3 is 10.5 Å². The summed E-state index contributed by atoms with van der Waals surface area (Å²) in [4.78, 5) is 2.53. The normalized spacial score (nSPS) is 13.1. The van der Waals surface area contributed by atoms with Crippen LogP contribution in [0.1, 0.15) is 57.2 Å². The lowest BCUT2D eigenvalue weighted by Crippen LogP contribution is -2.39. The van der Waals surface area contributed by atoms with Crippen molar-refractivity contribution in [1.82, 2.24) is 4.90 Å². The largest absolute Gasteiger partial charge is 0.380 e. The Hall–Kier alpha value is -0.900. The Balaban J connectivity index is 2.88. The molecule has 1 unspecified atom stereocenters. The van der Waals surface area contributed by atoms with Gasteiger partial charge in [0, 0.05) is 25.7 Å². The highest BCUT2D eigenvalue weighted by atomic mass is 16.5. The fraction of sp³-hybridized carbons (Fsp3) is 0.667. The zero-order chi connectivity index (χ0) is 15.7. The lowest BCUT2D eigenvalue weighted by atomic mass is 10.0. The first kappa shape index (κ1) is 18.1. The molecule has 0 fully saturated rings. The summed E-state index contributed by atoms with van der Waals surface area (Å²) in [6.45, 7) is 9.18. The summed E-state index contributed by atoms with van der Waals surface area (Å²) < 4.78 is 5.24. The van der Waals surface area contributed by atoms with Crippen molar-refractivity contribution in [2.24, 2.45) is 5.73 Å². The minimum absolute atomic E-state index is 0.290. The average molecular weight is 292 g/mol. The van der Waals surface area contributed by atoms with Crippen molar-refractivity contribution < 1.29 is 4.74 Å². The highest BCUT2D eigenvalue weighted by Crippen LogP contribution is 2.24. The lowest BCUT2D eigenvalue weighted by molar-refractivity contribution is 0.153. The molecule has 0 aliphatic rings. The predicted octanol–water partition coefficient (Wildman–Crippen LogP) is 3.73. The topological polar surface area (TPSA) is 38.5 Å². The van der Waals surface area contributed by atoms with E-state index < -0.39 is 0 Å². The number of hydrogen-bond donors (Lipinski definition) is 1. The number of rotatable bonds is 10. The SMILES string of the molecule is CCCCCN(C(C)C)C(CN)c1cccc(COC)c1. The van der Waals surface area contributed by atoms with Gasteiger partial charge in [-0.05, 0) is 37.9 Å². The summed E-state index contributed by atoms with van der Waals surface area (Å²) in [7, 11) is 1.73. The van der Waals surface area contributed by atoms with Gasteiger partial charge in [0.2, 0.25) is 0 Å². The van der Waals surface area contributed by atoms with E-state index in [1.165, 1.54) is 30.4 Å². The Bertz CT molecular complexity index is 393. The van der Waals surface area contributed by atoms with Crippen LogP contribution < -0.4 is 5.73 Å². The smallest absolute Gasteiger partial charge is 0.0713 e. The monoisotopic (exact) mass is 292 g/mol. The molecule has 0 saturated carbocycles. The van der Waals surface area contributed by atoms with Crippen LogP contribution in [-0.4, -0.2) is 31.1 Å². The van der Waals surface area contributed by atoms with Crippen molar-refractivity contribution in [3.05, 3.63) is 35.4 Å². The first-order chi connectivity index (χ1) is 10.1. The van der Waals surface area contributed by atoms with E-state index in [9.17, 15) is 0 Å². The molecule has 3 heteroatoms. The van der Waals surface area contributed by atoms with Gasteiger partial charge in [-0.1, -0.05) is 44.0 Å². The Morgan fingerprint density at radius 3 is 2.57 bits per heavy atom. The van der Waals surface area contributed by atoms with Gasteiger partial charge in [0.05, 0.1) is 6.61 Å². The Morgan fingerprint density at radius 1 is 1.24 bits per heavy atom. The van der Waals surface area contributed by atoms with Gasteiger partial charge in [0.25, 0.3) is 0 Å². The molecule has 1 rings (SSSR count). The Morgan fingerprint density at radius 2 is 2.00 bits per heavy atom. The summed E-state index contributed by atoms with van der Waals surface area (Å²) in [6, 6.07) is 9.43. The van der Waals surface area contributed by atoms with E-state index in [0.717, 1.165) is 6.54 Å². The van der Waals surface area contributed by atoms with Gasteiger partial charge in [-0.3, -0.25) is 4.90 Å². The maximum Gasteiger partial charge on any atom is 0.0713 e. The number of nitrogens with two attached hydrogens (primary N) is 1. The molecular formula is C18H32N2O. The van der Waals surface area contributed by atoms with E-state index in [2.05, 4.69) is 49.9 Å². The highest BCUT2D eigenvalue weighted by Gasteiger charge is 2.21. The summed E-state index contributed by atoms with van der Waals surface area (Å²) in [5, 5.41) is 0. The third kappa shape index (κ3) is 5.77. The fourth-order valence-electron chi connectivity index (χ4n) is 2.84. The predicted molar refractivity (Wildman–Crippen MR) is 90.3 cm³/mol. The molecule has 120 valence electrons. The zero-order valence-corrected chi connectivity index (χ0v) is 14.1. The van der Waals surface area contributed by atoms with Gasteiger partial charge in [-0.25, -0.2) is 0 Å². The molecule has 1 aromatic rings. The number of nitrogens with zero attached hydrogens (tertiary/aromatic N) is 1. The van der Waals surface area contributed by atoms with Gasteiger partial charge in [0.15, 0.2) is 0 Å². The number of methoxy groups -OCH3 is 1.